The van der Waals surface area contributed by atoms with Gasteiger partial charge in [-0.3, -0.25) is 9.20 Å². The predicted molar refractivity (Wildman–Crippen MR) is 122 cm³/mol. The van der Waals surface area contributed by atoms with E-state index in [1.54, 1.807) is 11.3 Å². The zero-order valence-corrected chi connectivity index (χ0v) is 18.3. The number of nitrogens with zero attached hydrogens (tertiary/aromatic N) is 4. The van der Waals surface area contributed by atoms with Gasteiger partial charge in [0.2, 0.25) is 10.9 Å². The van der Waals surface area contributed by atoms with Crippen LogP contribution in [-0.4, -0.2) is 38.8 Å². The first-order valence-corrected chi connectivity index (χ1v) is 11.4. The molecule has 0 aliphatic carbocycles. The molecule has 2 aromatic carbocycles. The summed E-state index contributed by atoms with van der Waals surface area (Å²) in [6.07, 6.45) is 0. The molecule has 0 atom stereocenters. The minimum atomic E-state index is -0.0600. The first kappa shape index (κ1) is 19.7. The number of anilines is 2. The Balaban J connectivity index is 1.41. The fraction of sp³-hybridized carbons (Fsp3) is 0.286. The molecule has 0 bridgehead atoms. The fourth-order valence-electron chi connectivity index (χ4n) is 3.36. The van der Waals surface area contributed by atoms with Crippen LogP contribution in [0.4, 0.5) is 11.4 Å². The third-order valence-electron chi connectivity index (χ3n) is 4.69. The van der Waals surface area contributed by atoms with Crippen molar-refractivity contribution in [3.8, 4) is 0 Å². The number of para-hydroxylation sites is 1. The number of hydrogen-bond donors (Lipinski definition) is 1. The third kappa shape index (κ3) is 4.09. The quantitative estimate of drug-likeness (QED) is 0.426. The molecule has 2 aromatic heterocycles. The average molecular weight is 426 g/mol. The van der Waals surface area contributed by atoms with E-state index in [4.69, 9.17) is 0 Å². The lowest BCUT2D eigenvalue weighted by Gasteiger charge is -2.27. The van der Waals surface area contributed by atoms with Gasteiger partial charge in [-0.05, 0) is 57.2 Å². The van der Waals surface area contributed by atoms with Gasteiger partial charge in [0.05, 0.1) is 16.0 Å². The lowest BCUT2D eigenvalue weighted by Crippen LogP contribution is -2.30. The molecule has 0 aliphatic rings. The van der Waals surface area contributed by atoms with Crippen LogP contribution in [-0.2, 0) is 4.79 Å². The molecule has 0 radical (unpaired) electrons. The number of carbonyl (C=O) groups excluding carboxylic acids is 1. The summed E-state index contributed by atoms with van der Waals surface area (Å²) in [7, 11) is 0. The first-order chi connectivity index (χ1) is 14.1. The van der Waals surface area contributed by atoms with E-state index in [1.165, 1.54) is 11.8 Å². The van der Waals surface area contributed by atoms with Crippen molar-refractivity contribution in [1.29, 1.82) is 0 Å². The highest BCUT2D eigenvalue weighted by Gasteiger charge is 2.14. The molecule has 0 spiro atoms. The van der Waals surface area contributed by atoms with Crippen LogP contribution in [0.3, 0.4) is 0 Å². The van der Waals surface area contributed by atoms with Gasteiger partial charge in [0.15, 0.2) is 5.16 Å². The number of rotatable bonds is 7. The van der Waals surface area contributed by atoms with Gasteiger partial charge in [0, 0.05) is 24.0 Å². The lowest BCUT2D eigenvalue weighted by atomic mass is 10.2. The van der Waals surface area contributed by atoms with Crippen LogP contribution in [0.1, 0.15) is 20.8 Å². The molecule has 0 unspecified atom stereocenters. The van der Waals surface area contributed by atoms with Crippen molar-refractivity contribution in [2.45, 2.75) is 32.0 Å². The molecule has 1 amide bonds. The summed E-state index contributed by atoms with van der Waals surface area (Å²) in [6, 6.07) is 16.6. The van der Waals surface area contributed by atoms with Crippen LogP contribution >= 0.6 is 23.1 Å². The third-order valence-corrected chi connectivity index (χ3v) is 6.63. The monoisotopic (exact) mass is 425 g/mol. The lowest BCUT2D eigenvalue weighted by molar-refractivity contribution is -0.113. The zero-order chi connectivity index (χ0) is 20.4. The van der Waals surface area contributed by atoms with E-state index in [1.807, 2.05) is 46.9 Å². The molecule has 4 rings (SSSR count). The van der Waals surface area contributed by atoms with Gasteiger partial charge >= 0.3 is 0 Å². The topological polar surface area (TPSA) is 62.5 Å². The minimum absolute atomic E-state index is 0.0600. The standard InChI is InChI=1S/C21H23N5OS2/c1-4-25(14(2)3)16-11-9-15(10-12-16)22-19(27)13-28-20-23-24-21-26(20)17-7-5-6-8-18(17)29-21/h5-12,14H,4,13H2,1-3H3,(H,22,27). The van der Waals surface area contributed by atoms with Crippen LogP contribution in [0, 0.1) is 0 Å². The Morgan fingerprint density at radius 3 is 2.66 bits per heavy atom. The molecular formula is C21H23N5OS2. The number of thiazole rings is 1. The van der Waals surface area contributed by atoms with Gasteiger partial charge in [0.25, 0.3) is 0 Å². The van der Waals surface area contributed by atoms with Gasteiger partial charge in [-0.25, -0.2) is 0 Å². The van der Waals surface area contributed by atoms with Gasteiger partial charge < -0.3 is 10.2 Å². The smallest absolute Gasteiger partial charge is 0.234 e. The number of thioether (sulfide) groups is 1. The Bertz CT molecular complexity index is 1130. The molecule has 2 heterocycles. The number of aromatic nitrogens is 3. The Morgan fingerprint density at radius 1 is 1.17 bits per heavy atom. The highest BCUT2D eigenvalue weighted by Crippen LogP contribution is 2.29. The van der Waals surface area contributed by atoms with Gasteiger partial charge in [-0.2, -0.15) is 0 Å². The highest BCUT2D eigenvalue weighted by molar-refractivity contribution is 7.99. The van der Waals surface area contributed by atoms with Crippen molar-refractivity contribution < 1.29 is 4.79 Å². The number of carbonyl (C=O) groups is 1. The van der Waals surface area contributed by atoms with Crippen molar-refractivity contribution in [3.63, 3.8) is 0 Å². The maximum atomic E-state index is 12.4. The molecule has 0 saturated carbocycles. The molecule has 4 aromatic rings. The molecule has 6 nitrogen and oxygen atoms in total. The van der Waals surface area contributed by atoms with E-state index >= 15 is 0 Å². The van der Waals surface area contributed by atoms with Crippen molar-refractivity contribution in [2.24, 2.45) is 0 Å². The van der Waals surface area contributed by atoms with E-state index in [9.17, 15) is 4.79 Å². The second-order valence-electron chi connectivity index (χ2n) is 6.93. The number of nitrogens with one attached hydrogen (secondary N) is 1. The van der Waals surface area contributed by atoms with Crippen LogP contribution in [0.5, 0.6) is 0 Å². The summed E-state index contributed by atoms with van der Waals surface area (Å²) in [5.74, 6) is 0.218. The molecule has 1 N–H and O–H groups in total. The zero-order valence-electron chi connectivity index (χ0n) is 16.6. The summed E-state index contributed by atoms with van der Waals surface area (Å²) in [4.78, 5) is 15.6. The first-order valence-electron chi connectivity index (χ1n) is 9.59. The summed E-state index contributed by atoms with van der Waals surface area (Å²) >= 11 is 2.99. The number of amides is 1. The maximum Gasteiger partial charge on any atom is 0.234 e. The molecular weight excluding hydrogens is 402 g/mol. The second-order valence-corrected chi connectivity index (χ2v) is 8.89. The number of hydrogen-bond acceptors (Lipinski definition) is 6. The van der Waals surface area contributed by atoms with E-state index in [2.05, 4.69) is 47.3 Å². The molecule has 150 valence electrons. The van der Waals surface area contributed by atoms with Crippen LogP contribution in [0.15, 0.2) is 53.7 Å². The van der Waals surface area contributed by atoms with Crippen LogP contribution in [0.2, 0.25) is 0 Å². The van der Waals surface area contributed by atoms with E-state index in [-0.39, 0.29) is 11.7 Å². The predicted octanol–water partition coefficient (Wildman–Crippen LogP) is 4.91. The number of benzene rings is 2. The Morgan fingerprint density at radius 2 is 1.93 bits per heavy atom. The molecule has 29 heavy (non-hydrogen) atoms. The Kier molecular flexibility index (Phi) is 5.73. The summed E-state index contributed by atoms with van der Waals surface area (Å²) in [5, 5.41) is 12.2. The van der Waals surface area contributed by atoms with Gasteiger partial charge in [-0.1, -0.05) is 35.2 Å². The Hall–Kier alpha value is -2.58. The molecule has 0 aliphatic heterocycles. The summed E-state index contributed by atoms with van der Waals surface area (Å²) in [5.41, 5.74) is 3.03. The summed E-state index contributed by atoms with van der Waals surface area (Å²) in [6.45, 7) is 7.44. The minimum Gasteiger partial charge on any atom is -0.369 e. The molecule has 0 saturated heterocycles. The van der Waals surface area contributed by atoms with Crippen LogP contribution < -0.4 is 10.2 Å². The summed E-state index contributed by atoms with van der Waals surface area (Å²) < 4.78 is 3.17. The van der Waals surface area contributed by atoms with Gasteiger partial charge in [0.1, 0.15) is 0 Å². The van der Waals surface area contributed by atoms with Crippen LogP contribution in [0.25, 0.3) is 15.2 Å². The SMILES string of the molecule is CCN(c1ccc(NC(=O)CSc2nnc3sc4ccccc4n23)cc1)C(C)C. The Labute approximate surface area is 177 Å². The average Bonchev–Trinajstić information content (AvgIpc) is 3.27. The number of fused-ring (bicyclic) bond motifs is 3. The largest absolute Gasteiger partial charge is 0.369 e. The fourth-order valence-corrected chi connectivity index (χ4v) is 5.13. The normalized spacial score (nSPS) is 11.4. The highest BCUT2D eigenvalue weighted by atomic mass is 32.2. The maximum absolute atomic E-state index is 12.4. The second kappa shape index (κ2) is 8.42. The van der Waals surface area contributed by atoms with E-state index in [0.717, 1.165) is 38.3 Å². The van der Waals surface area contributed by atoms with E-state index < -0.39 is 0 Å². The van der Waals surface area contributed by atoms with Crippen molar-refractivity contribution >= 4 is 55.6 Å². The molecule has 0 fully saturated rings. The van der Waals surface area contributed by atoms with Crippen molar-refractivity contribution in [2.75, 3.05) is 22.5 Å². The van der Waals surface area contributed by atoms with Crippen molar-refractivity contribution in [1.82, 2.24) is 14.6 Å². The van der Waals surface area contributed by atoms with Crippen molar-refractivity contribution in [3.05, 3.63) is 48.5 Å². The van der Waals surface area contributed by atoms with Gasteiger partial charge in [-0.15, -0.1) is 10.2 Å². The molecule has 8 heteroatoms. The van der Waals surface area contributed by atoms with E-state index in [0.29, 0.717) is 6.04 Å².